The third-order valence-electron chi connectivity index (χ3n) is 5.23. The molecule has 0 spiro atoms. The molecule has 1 amide bonds. The minimum Gasteiger partial charge on any atom is -0.390 e. The van der Waals surface area contributed by atoms with Crippen LogP contribution in [-0.2, 0) is 9.53 Å². The van der Waals surface area contributed by atoms with Gasteiger partial charge in [-0.25, -0.2) is 4.99 Å². The van der Waals surface area contributed by atoms with Gasteiger partial charge in [-0.2, -0.15) is 0 Å². The molecule has 1 heterocycles. The number of anilines is 1. The Morgan fingerprint density at radius 1 is 1.37 bits per heavy atom. The van der Waals surface area contributed by atoms with E-state index < -0.39 is 0 Å². The number of fused-ring (bicyclic) bond motifs is 1. The maximum absolute atomic E-state index is 12.4. The van der Waals surface area contributed by atoms with Crippen molar-refractivity contribution in [1.29, 1.82) is 5.41 Å². The molecule has 1 unspecified atom stereocenters. The number of amides is 1. The molecule has 8 nitrogen and oxygen atoms in total. The van der Waals surface area contributed by atoms with Crippen molar-refractivity contribution in [2.45, 2.75) is 32.6 Å². The van der Waals surface area contributed by atoms with Crippen LogP contribution in [0.5, 0.6) is 0 Å². The number of benzene rings is 1. The minimum absolute atomic E-state index is 0.247. The highest BCUT2D eigenvalue weighted by Gasteiger charge is 2.31. The summed E-state index contributed by atoms with van der Waals surface area (Å²) in [5.41, 5.74) is 9.50. The van der Waals surface area contributed by atoms with Gasteiger partial charge < -0.3 is 26.0 Å². The van der Waals surface area contributed by atoms with E-state index >= 15 is 0 Å². The molecule has 0 aliphatic carbocycles. The number of allylic oxidation sites excluding steroid dienone is 1. The molecule has 0 saturated carbocycles. The van der Waals surface area contributed by atoms with Crippen LogP contribution in [0.15, 0.2) is 40.7 Å². The molecule has 30 heavy (non-hydrogen) atoms. The molecule has 2 rings (SSSR count). The van der Waals surface area contributed by atoms with Crippen LogP contribution in [0.25, 0.3) is 0 Å². The van der Waals surface area contributed by atoms with E-state index in [1.165, 1.54) is 5.56 Å². The highest BCUT2D eigenvalue weighted by atomic mass is 16.5. The van der Waals surface area contributed by atoms with Gasteiger partial charge >= 0.3 is 0 Å². The molecule has 5 N–H and O–H groups in total. The van der Waals surface area contributed by atoms with Gasteiger partial charge in [-0.15, -0.1) is 0 Å². The standard InChI is InChI=1S/C22H34N6O2/c1-15(25-3)20(27-16(2)22(29)26-12-7-13-30-4)21(24)28-14-17(10-11-23)18-8-5-6-9-19(18)28/h5-6,8-9,17,24-25H,7,10-14,23H2,1-4H3,(H,26,29). The lowest BCUT2D eigenvalue weighted by molar-refractivity contribution is -0.114. The Balaban J connectivity index is 2.26. The van der Waals surface area contributed by atoms with Gasteiger partial charge in [-0.05, 0) is 44.9 Å². The van der Waals surface area contributed by atoms with Gasteiger partial charge in [0, 0.05) is 51.2 Å². The number of methoxy groups -OCH3 is 1. The lowest BCUT2D eigenvalue weighted by atomic mass is 9.98. The van der Waals surface area contributed by atoms with E-state index in [1.807, 2.05) is 30.0 Å². The van der Waals surface area contributed by atoms with Crippen molar-refractivity contribution >= 4 is 23.1 Å². The molecular weight excluding hydrogens is 380 g/mol. The first-order chi connectivity index (χ1) is 14.4. The van der Waals surface area contributed by atoms with Gasteiger partial charge in [0.15, 0.2) is 5.84 Å². The second-order valence-electron chi connectivity index (χ2n) is 7.32. The fraction of sp³-hybridized carbons (Fsp3) is 0.500. The van der Waals surface area contributed by atoms with Crippen LogP contribution < -0.4 is 21.3 Å². The molecule has 1 aliphatic heterocycles. The van der Waals surface area contributed by atoms with Gasteiger partial charge in [-0.1, -0.05) is 18.2 Å². The lowest BCUT2D eigenvalue weighted by Crippen LogP contribution is -2.34. The largest absolute Gasteiger partial charge is 0.390 e. The second-order valence-corrected chi connectivity index (χ2v) is 7.32. The lowest BCUT2D eigenvalue weighted by Gasteiger charge is -2.22. The first kappa shape index (κ1) is 23.6. The Morgan fingerprint density at radius 3 is 2.77 bits per heavy atom. The fourth-order valence-corrected chi connectivity index (χ4v) is 3.48. The number of carbonyl (C=O) groups is 1. The molecule has 0 aromatic heterocycles. The number of hydrogen-bond donors (Lipinski definition) is 4. The molecular formula is C22H34N6O2. The number of rotatable bonds is 10. The van der Waals surface area contributed by atoms with Crippen molar-refractivity contribution in [3.8, 4) is 0 Å². The van der Waals surface area contributed by atoms with Gasteiger partial charge in [0.25, 0.3) is 5.91 Å². The number of nitrogens with one attached hydrogen (secondary N) is 3. The number of nitrogens with zero attached hydrogens (tertiary/aromatic N) is 2. The van der Waals surface area contributed by atoms with Crippen LogP contribution >= 0.6 is 0 Å². The van der Waals surface area contributed by atoms with E-state index in [-0.39, 0.29) is 17.7 Å². The summed E-state index contributed by atoms with van der Waals surface area (Å²) in [7, 11) is 3.42. The number of aliphatic imine (C=N–C) groups is 1. The minimum atomic E-state index is -0.247. The normalized spacial score (nSPS) is 16.8. The summed E-state index contributed by atoms with van der Waals surface area (Å²) in [4.78, 5) is 18.9. The fourth-order valence-electron chi connectivity index (χ4n) is 3.48. The Hall–Kier alpha value is -2.71. The van der Waals surface area contributed by atoms with Crippen molar-refractivity contribution in [1.82, 2.24) is 10.6 Å². The molecule has 1 atom stereocenters. The maximum Gasteiger partial charge on any atom is 0.265 e. The average Bonchev–Trinajstić information content (AvgIpc) is 3.12. The molecule has 8 heteroatoms. The maximum atomic E-state index is 12.4. The smallest absolute Gasteiger partial charge is 0.265 e. The summed E-state index contributed by atoms with van der Waals surface area (Å²) in [6.07, 6.45) is 1.59. The highest BCUT2D eigenvalue weighted by Crippen LogP contribution is 2.38. The van der Waals surface area contributed by atoms with Gasteiger partial charge in [0.1, 0.15) is 11.4 Å². The van der Waals surface area contributed by atoms with Crippen LogP contribution in [0.4, 0.5) is 5.69 Å². The monoisotopic (exact) mass is 414 g/mol. The summed E-state index contributed by atoms with van der Waals surface area (Å²) in [6.45, 7) is 5.89. The molecule has 1 aromatic rings. The first-order valence-corrected chi connectivity index (χ1v) is 10.3. The summed E-state index contributed by atoms with van der Waals surface area (Å²) < 4.78 is 5.00. The number of carbonyl (C=O) groups excluding carboxylic acids is 1. The Bertz CT molecular complexity index is 818. The van der Waals surface area contributed by atoms with Crippen LogP contribution in [0.2, 0.25) is 0 Å². The van der Waals surface area contributed by atoms with Crippen LogP contribution in [0.1, 0.15) is 38.2 Å². The SMILES string of the molecule is CNC(C)=C(N=C(C)C(=O)NCCCOC)C(=N)N1CC(CCN)c2ccccc21. The Kier molecular flexibility index (Phi) is 9.01. The van der Waals surface area contributed by atoms with Crippen molar-refractivity contribution < 1.29 is 9.53 Å². The van der Waals surface area contributed by atoms with E-state index in [4.69, 9.17) is 15.9 Å². The molecule has 0 saturated heterocycles. The van der Waals surface area contributed by atoms with E-state index in [0.717, 1.165) is 24.2 Å². The molecule has 164 valence electrons. The topological polar surface area (TPSA) is 116 Å². The summed E-state index contributed by atoms with van der Waals surface area (Å²) in [6, 6.07) is 8.10. The van der Waals surface area contributed by atoms with Crippen LogP contribution in [0, 0.1) is 5.41 Å². The van der Waals surface area contributed by atoms with E-state index in [2.05, 4.69) is 21.7 Å². The summed E-state index contributed by atoms with van der Waals surface area (Å²) in [5, 5.41) is 14.8. The quantitative estimate of drug-likeness (QED) is 0.265. The van der Waals surface area contributed by atoms with Crippen molar-refractivity contribution in [3.05, 3.63) is 41.2 Å². The zero-order valence-electron chi connectivity index (χ0n) is 18.4. The third kappa shape index (κ3) is 5.67. The first-order valence-electron chi connectivity index (χ1n) is 10.3. The number of para-hydroxylation sites is 1. The number of hydrogen-bond acceptors (Lipinski definition) is 6. The highest BCUT2D eigenvalue weighted by molar-refractivity contribution is 6.38. The van der Waals surface area contributed by atoms with Gasteiger partial charge in [0.05, 0.1) is 0 Å². The van der Waals surface area contributed by atoms with Crippen LogP contribution in [0.3, 0.4) is 0 Å². The van der Waals surface area contributed by atoms with Gasteiger partial charge in [0.2, 0.25) is 0 Å². The molecule has 1 aliphatic rings. The van der Waals surface area contributed by atoms with E-state index in [0.29, 0.717) is 37.6 Å². The van der Waals surface area contributed by atoms with Crippen molar-refractivity contribution in [2.75, 3.05) is 45.3 Å². The third-order valence-corrected chi connectivity index (χ3v) is 5.23. The summed E-state index contributed by atoms with van der Waals surface area (Å²) >= 11 is 0. The Morgan fingerprint density at radius 2 is 2.10 bits per heavy atom. The second kappa shape index (κ2) is 11.5. The zero-order valence-corrected chi connectivity index (χ0v) is 18.4. The average molecular weight is 415 g/mol. The zero-order chi connectivity index (χ0) is 22.1. The molecule has 1 aromatic carbocycles. The number of nitrogens with two attached hydrogens (primary N) is 1. The predicted molar refractivity (Wildman–Crippen MR) is 122 cm³/mol. The molecule has 0 fully saturated rings. The molecule has 0 bridgehead atoms. The number of amidine groups is 1. The van der Waals surface area contributed by atoms with Crippen LogP contribution in [-0.4, -0.2) is 57.9 Å². The van der Waals surface area contributed by atoms with E-state index in [9.17, 15) is 4.79 Å². The Labute approximate surface area is 179 Å². The van der Waals surface area contributed by atoms with Gasteiger partial charge in [-0.3, -0.25) is 10.2 Å². The van der Waals surface area contributed by atoms with Crippen molar-refractivity contribution in [2.24, 2.45) is 10.7 Å². The molecule has 0 radical (unpaired) electrons. The predicted octanol–water partition coefficient (Wildman–Crippen LogP) is 1.98. The van der Waals surface area contributed by atoms with E-state index in [1.54, 1.807) is 21.1 Å². The number of ether oxygens (including phenoxy) is 1. The van der Waals surface area contributed by atoms with Crippen molar-refractivity contribution in [3.63, 3.8) is 0 Å². The summed E-state index contributed by atoms with van der Waals surface area (Å²) in [5.74, 6) is 0.292.